The largest absolute Gasteiger partial charge is 0.396 e. The van der Waals surface area contributed by atoms with E-state index in [1.54, 1.807) is 13.0 Å². The molecule has 5 heteroatoms. The SMILES string of the molecule is Cc1cc([C@@H](CCO)OC(C)CO)c(Cl)cc1Cl. The zero-order valence-electron chi connectivity index (χ0n) is 10.5. The Balaban J connectivity index is 3.01. The van der Waals surface area contributed by atoms with Crippen LogP contribution in [0.4, 0.5) is 0 Å². The van der Waals surface area contributed by atoms with Crippen LogP contribution in [0.1, 0.15) is 30.6 Å². The third-order valence-electron chi connectivity index (χ3n) is 2.67. The summed E-state index contributed by atoms with van der Waals surface area (Å²) in [6.07, 6.45) is -0.236. The smallest absolute Gasteiger partial charge is 0.0866 e. The van der Waals surface area contributed by atoms with Gasteiger partial charge in [-0.3, -0.25) is 0 Å². The Kier molecular flexibility index (Phi) is 6.39. The molecule has 102 valence electrons. The second kappa shape index (κ2) is 7.31. The summed E-state index contributed by atoms with van der Waals surface area (Å²) in [5.41, 5.74) is 1.69. The van der Waals surface area contributed by atoms with Crippen molar-refractivity contribution in [2.75, 3.05) is 13.2 Å². The summed E-state index contributed by atoms with van der Waals surface area (Å²) < 4.78 is 5.66. The first kappa shape index (κ1) is 15.7. The molecule has 2 N–H and O–H groups in total. The van der Waals surface area contributed by atoms with Crippen molar-refractivity contribution in [2.45, 2.75) is 32.5 Å². The van der Waals surface area contributed by atoms with Gasteiger partial charge >= 0.3 is 0 Å². The van der Waals surface area contributed by atoms with Gasteiger partial charge in [0.2, 0.25) is 0 Å². The van der Waals surface area contributed by atoms with E-state index in [2.05, 4.69) is 0 Å². The van der Waals surface area contributed by atoms with Crippen LogP contribution in [-0.4, -0.2) is 29.5 Å². The van der Waals surface area contributed by atoms with Crippen LogP contribution in [0.3, 0.4) is 0 Å². The maximum absolute atomic E-state index is 9.09. The topological polar surface area (TPSA) is 49.7 Å². The molecule has 0 amide bonds. The number of aliphatic hydroxyl groups excluding tert-OH is 2. The van der Waals surface area contributed by atoms with Crippen LogP contribution in [0.25, 0.3) is 0 Å². The summed E-state index contributed by atoms with van der Waals surface area (Å²) in [7, 11) is 0. The molecule has 18 heavy (non-hydrogen) atoms. The van der Waals surface area contributed by atoms with E-state index < -0.39 is 0 Å². The van der Waals surface area contributed by atoms with E-state index in [1.807, 2.05) is 13.0 Å². The first-order valence-corrected chi connectivity index (χ1v) is 6.57. The number of benzene rings is 1. The van der Waals surface area contributed by atoms with Crippen LogP contribution in [0, 0.1) is 6.92 Å². The van der Waals surface area contributed by atoms with E-state index in [-0.39, 0.29) is 25.4 Å². The van der Waals surface area contributed by atoms with E-state index in [1.165, 1.54) is 0 Å². The van der Waals surface area contributed by atoms with Crippen LogP contribution in [0.5, 0.6) is 0 Å². The second-order valence-electron chi connectivity index (χ2n) is 4.25. The van der Waals surface area contributed by atoms with Gasteiger partial charge in [-0.05, 0) is 31.0 Å². The van der Waals surface area contributed by atoms with Gasteiger partial charge in [-0.15, -0.1) is 0 Å². The number of aryl methyl sites for hydroxylation is 1. The number of hydrogen-bond acceptors (Lipinski definition) is 3. The fourth-order valence-corrected chi connectivity index (χ4v) is 2.17. The van der Waals surface area contributed by atoms with Gasteiger partial charge in [-0.25, -0.2) is 0 Å². The van der Waals surface area contributed by atoms with Crippen molar-refractivity contribution in [1.29, 1.82) is 0 Å². The lowest BCUT2D eigenvalue weighted by Gasteiger charge is -2.22. The van der Waals surface area contributed by atoms with Crippen LogP contribution < -0.4 is 0 Å². The van der Waals surface area contributed by atoms with Gasteiger partial charge in [-0.2, -0.15) is 0 Å². The zero-order valence-corrected chi connectivity index (χ0v) is 12.0. The highest BCUT2D eigenvalue weighted by molar-refractivity contribution is 6.35. The quantitative estimate of drug-likeness (QED) is 0.847. The van der Waals surface area contributed by atoms with Gasteiger partial charge in [0.05, 0.1) is 18.8 Å². The Labute approximate surface area is 117 Å². The number of ether oxygens (including phenoxy) is 1. The molecule has 1 aromatic carbocycles. The number of hydrogen-bond donors (Lipinski definition) is 2. The molecule has 0 aromatic heterocycles. The second-order valence-corrected chi connectivity index (χ2v) is 5.07. The Morgan fingerprint density at radius 1 is 1.22 bits per heavy atom. The predicted octanol–water partition coefficient (Wildman–Crippen LogP) is 3.12. The molecule has 0 aliphatic carbocycles. The van der Waals surface area contributed by atoms with Crippen LogP contribution >= 0.6 is 23.2 Å². The summed E-state index contributed by atoms with van der Waals surface area (Å²) in [5.74, 6) is 0. The minimum atomic E-state index is -0.347. The average molecular weight is 293 g/mol. The minimum Gasteiger partial charge on any atom is -0.396 e. The normalized spacial score (nSPS) is 14.6. The van der Waals surface area contributed by atoms with E-state index >= 15 is 0 Å². The molecule has 0 bridgehead atoms. The van der Waals surface area contributed by atoms with Crippen LogP contribution in [0.15, 0.2) is 12.1 Å². The molecule has 0 radical (unpaired) electrons. The van der Waals surface area contributed by atoms with E-state index in [4.69, 9.17) is 38.2 Å². The number of aliphatic hydroxyl groups is 2. The van der Waals surface area contributed by atoms with E-state index in [0.29, 0.717) is 16.5 Å². The molecule has 0 saturated heterocycles. The van der Waals surface area contributed by atoms with Gasteiger partial charge in [0.1, 0.15) is 0 Å². The zero-order chi connectivity index (χ0) is 13.7. The molecule has 0 spiro atoms. The summed E-state index contributed by atoms with van der Waals surface area (Å²) >= 11 is 12.1. The van der Waals surface area contributed by atoms with Crippen LogP contribution in [-0.2, 0) is 4.74 Å². The third-order valence-corrected chi connectivity index (χ3v) is 3.40. The predicted molar refractivity (Wildman–Crippen MR) is 73.3 cm³/mol. The molecule has 2 atom stereocenters. The summed E-state index contributed by atoms with van der Waals surface area (Å²) in [6.45, 7) is 3.56. The Hall–Kier alpha value is -0.320. The van der Waals surface area contributed by atoms with Crippen LogP contribution in [0.2, 0.25) is 10.0 Å². The van der Waals surface area contributed by atoms with Gasteiger partial charge in [0.15, 0.2) is 0 Å². The van der Waals surface area contributed by atoms with Gasteiger partial charge < -0.3 is 14.9 Å². The Bertz CT molecular complexity index is 396. The molecule has 0 heterocycles. The van der Waals surface area contributed by atoms with Crippen molar-refractivity contribution in [3.8, 4) is 0 Å². The van der Waals surface area contributed by atoms with Crippen molar-refractivity contribution in [3.63, 3.8) is 0 Å². The van der Waals surface area contributed by atoms with Gasteiger partial charge in [0.25, 0.3) is 0 Å². The maximum Gasteiger partial charge on any atom is 0.0866 e. The highest BCUT2D eigenvalue weighted by Gasteiger charge is 2.19. The van der Waals surface area contributed by atoms with E-state index in [9.17, 15) is 0 Å². The fourth-order valence-electron chi connectivity index (χ4n) is 1.66. The molecular weight excluding hydrogens is 275 g/mol. The minimum absolute atomic E-state index is 0.0131. The molecular formula is C13H18Cl2O3. The molecule has 3 nitrogen and oxygen atoms in total. The standard InChI is InChI=1S/C13H18Cl2O3/c1-8-5-10(12(15)6-11(8)14)13(3-4-16)18-9(2)7-17/h5-6,9,13,16-17H,3-4,7H2,1-2H3/t9?,13-/m1/s1. The number of rotatable bonds is 6. The first-order valence-electron chi connectivity index (χ1n) is 5.82. The van der Waals surface area contributed by atoms with Crippen molar-refractivity contribution < 1.29 is 14.9 Å². The monoisotopic (exact) mass is 292 g/mol. The summed E-state index contributed by atoms with van der Waals surface area (Å²) in [5, 5.41) is 19.2. The summed E-state index contributed by atoms with van der Waals surface area (Å²) in [6, 6.07) is 3.53. The molecule has 0 fully saturated rings. The van der Waals surface area contributed by atoms with Crippen molar-refractivity contribution in [3.05, 3.63) is 33.3 Å². The van der Waals surface area contributed by atoms with Crippen molar-refractivity contribution in [2.24, 2.45) is 0 Å². The molecule has 1 aromatic rings. The molecule has 0 aliphatic rings. The molecule has 0 aliphatic heterocycles. The van der Waals surface area contributed by atoms with Gasteiger partial charge in [-0.1, -0.05) is 29.3 Å². The lowest BCUT2D eigenvalue weighted by molar-refractivity contribution is -0.0398. The highest BCUT2D eigenvalue weighted by Crippen LogP contribution is 2.33. The summed E-state index contributed by atoms with van der Waals surface area (Å²) in [4.78, 5) is 0. The Morgan fingerprint density at radius 2 is 1.89 bits per heavy atom. The maximum atomic E-state index is 9.09. The lowest BCUT2D eigenvalue weighted by Crippen LogP contribution is -2.18. The van der Waals surface area contributed by atoms with E-state index in [0.717, 1.165) is 11.1 Å². The molecule has 1 unspecified atom stereocenters. The average Bonchev–Trinajstić information content (AvgIpc) is 2.33. The number of halogens is 2. The van der Waals surface area contributed by atoms with Crippen molar-refractivity contribution >= 4 is 23.2 Å². The van der Waals surface area contributed by atoms with Crippen molar-refractivity contribution in [1.82, 2.24) is 0 Å². The molecule has 1 rings (SSSR count). The fraction of sp³-hybridized carbons (Fsp3) is 0.538. The highest BCUT2D eigenvalue weighted by atomic mass is 35.5. The Morgan fingerprint density at radius 3 is 2.44 bits per heavy atom. The third kappa shape index (κ3) is 4.11. The first-order chi connectivity index (χ1) is 8.49. The lowest BCUT2D eigenvalue weighted by atomic mass is 10.0. The molecule has 0 saturated carbocycles. The van der Waals surface area contributed by atoms with Gasteiger partial charge in [0, 0.05) is 23.1 Å².